The lowest BCUT2D eigenvalue weighted by Crippen LogP contribution is -2.27. The Morgan fingerprint density at radius 1 is 1.11 bits per heavy atom. The number of nitrogens with one attached hydrogen (secondary N) is 1. The van der Waals surface area contributed by atoms with Gasteiger partial charge in [0.1, 0.15) is 0 Å². The Kier molecular flexibility index (Phi) is 4.54. The zero-order chi connectivity index (χ0) is 13.9. The van der Waals surface area contributed by atoms with E-state index in [-0.39, 0.29) is 5.41 Å². The highest BCUT2D eigenvalue weighted by atomic mass is 14.9. The van der Waals surface area contributed by atoms with E-state index < -0.39 is 0 Å². The van der Waals surface area contributed by atoms with E-state index in [2.05, 4.69) is 57.3 Å². The smallest absolute Gasteiger partial charge is 0.0342 e. The molecule has 0 radical (unpaired) electrons. The Bertz CT molecular complexity index is 385. The fourth-order valence-electron chi connectivity index (χ4n) is 3.10. The quantitative estimate of drug-likeness (QED) is 0.770. The summed E-state index contributed by atoms with van der Waals surface area (Å²) in [7, 11) is 0. The summed E-state index contributed by atoms with van der Waals surface area (Å²) in [5.74, 6) is 0.931. The van der Waals surface area contributed by atoms with Gasteiger partial charge in [0.05, 0.1) is 0 Å². The van der Waals surface area contributed by atoms with E-state index in [1.807, 2.05) is 0 Å². The molecule has 0 heterocycles. The third-order valence-electron chi connectivity index (χ3n) is 4.48. The number of anilines is 1. The van der Waals surface area contributed by atoms with Gasteiger partial charge in [-0.1, -0.05) is 59.1 Å². The van der Waals surface area contributed by atoms with E-state index in [1.54, 1.807) is 0 Å². The van der Waals surface area contributed by atoms with Gasteiger partial charge in [0.15, 0.2) is 0 Å². The normalized spacial score (nSPS) is 24.2. The summed E-state index contributed by atoms with van der Waals surface area (Å²) in [6, 6.07) is 9.70. The summed E-state index contributed by atoms with van der Waals surface area (Å²) >= 11 is 0. The lowest BCUT2D eigenvalue weighted by Gasteiger charge is -2.30. The molecule has 2 atom stereocenters. The summed E-state index contributed by atoms with van der Waals surface area (Å²) < 4.78 is 0. The van der Waals surface area contributed by atoms with Crippen LogP contribution in [0.1, 0.15) is 65.4 Å². The molecule has 1 N–H and O–H groups in total. The fraction of sp³-hybridized carbons (Fsp3) is 0.667. The summed E-state index contributed by atoms with van der Waals surface area (Å²) in [5, 5.41) is 3.72. The van der Waals surface area contributed by atoms with Crippen molar-refractivity contribution in [2.24, 2.45) is 5.92 Å². The molecule has 1 aliphatic rings. The highest BCUT2D eigenvalue weighted by Crippen LogP contribution is 2.29. The second-order valence-corrected chi connectivity index (χ2v) is 7.11. The third-order valence-corrected chi connectivity index (χ3v) is 4.48. The molecule has 106 valence electrons. The topological polar surface area (TPSA) is 12.0 Å². The van der Waals surface area contributed by atoms with E-state index in [0.29, 0.717) is 6.04 Å². The third kappa shape index (κ3) is 3.99. The van der Waals surface area contributed by atoms with Gasteiger partial charge in [0.25, 0.3) is 0 Å². The molecule has 0 aliphatic heterocycles. The molecule has 19 heavy (non-hydrogen) atoms. The van der Waals surface area contributed by atoms with Crippen molar-refractivity contribution >= 4 is 5.69 Å². The van der Waals surface area contributed by atoms with Gasteiger partial charge in [-0.15, -0.1) is 0 Å². The standard InChI is InChI=1S/C18H29N/c1-5-14-7-6-8-17(13-14)19-16-11-9-15(10-12-16)18(2,3)4/h9-12,14,17,19H,5-8,13H2,1-4H3. The highest BCUT2D eigenvalue weighted by Gasteiger charge is 2.20. The minimum Gasteiger partial charge on any atom is -0.382 e. The maximum atomic E-state index is 3.72. The van der Waals surface area contributed by atoms with Crippen molar-refractivity contribution in [1.29, 1.82) is 0 Å². The second kappa shape index (κ2) is 5.98. The van der Waals surface area contributed by atoms with Gasteiger partial charge < -0.3 is 5.32 Å². The molecule has 0 saturated heterocycles. The molecule has 1 saturated carbocycles. The fourth-order valence-corrected chi connectivity index (χ4v) is 3.10. The van der Waals surface area contributed by atoms with Crippen LogP contribution in [0.4, 0.5) is 5.69 Å². The van der Waals surface area contributed by atoms with Crippen molar-refractivity contribution in [2.45, 2.75) is 71.3 Å². The van der Waals surface area contributed by atoms with Crippen LogP contribution in [0.2, 0.25) is 0 Å². The van der Waals surface area contributed by atoms with Crippen LogP contribution >= 0.6 is 0 Å². The lowest BCUT2D eigenvalue weighted by atomic mass is 9.84. The molecule has 1 aromatic carbocycles. The van der Waals surface area contributed by atoms with Gasteiger partial charge in [0.2, 0.25) is 0 Å². The number of hydrogen-bond donors (Lipinski definition) is 1. The molecular formula is C18H29N. The summed E-state index contributed by atoms with van der Waals surface area (Å²) in [6.07, 6.45) is 6.82. The minimum absolute atomic E-state index is 0.247. The van der Waals surface area contributed by atoms with Gasteiger partial charge in [-0.05, 0) is 41.9 Å². The zero-order valence-corrected chi connectivity index (χ0v) is 13.0. The Hall–Kier alpha value is -0.980. The van der Waals surface area contributed by atoms with Crippen LogP contribution in [-0.4, -0.2) is 6.04 Å². The zero-order valence-electron chi connectivity index (χ0n) is 13.0. The van der Waals surface area contributed by atoms with Crippen LogP contribution in [0.5, 0.6) is 0 Å². The maximum Gasteiger partial charge on any atom is 0.0342 e. The molecular weight excluding hydrogens is 230 g/mol. The average molecular weight is 259 g/mol. The van der Waals surface area contributed by atoms with Crippen LogP contribution in [0.25, 0.3) is 0 Å². The first-order chi connectivity index (χ1) is 8.99. The van der Waals surface area contributed by atoms with Crippen LogP contribution in [0, 0.1) is 5.92 Å². The molecule has 1 aromatic rings. The summed E-state index contributed by atoms with van der Waals surface area (Å²) in [5.41, 5.74) is 2.94. The Morgan fingerprint density at radius 3 is 2.37 bits per heavy atom. The van der Waals surface area contributed by atoms with Crippen LogP contribution < -0.4 is 5.32 Å². The van der Waals surface area contributed by atoms with Crippen LogP contribution in [0.3, 0.4) is 0 Å². The maximum absolute atomic E-state index is 3.72. The van der Waals surface area contributed by atoms with Crippen molar-refractivity contribution in [3.05, 3.63) is 29.8 Å². The monoisotopic (exact) mass is 259 g/mol. The van der Waals surface area contributed by atoms with Gasteiger partial charge in [-0.3, -0.25) is 0 Å². The molecule has 2 unspecified atom stereocenters. The molecule has 1 heteroatoms. The predicted molar refractivity (Wildman–Crippen MR) is 84.8 cm³/mol. The Balaban J connectivity index is 1.96. The van der Waals surface area contributed by atoms with Crippen molar-refractivity contribution in [2.75, 3.05) is 5.32 Å². The van der Waals surface area contributed by atoms with E-state index in [9.17, 15) is 0 Å². The molecule has 0 amide bonds. The van der Waals surface area contributed by atoms with Crippen LogP contribution in [-0.2, 0) is 5.41 Å². The van der Waals surface area contributed by atoms with E-state index in [4.69, 9.17) is 0 Å². The molecule has 1 fully saturated rings. The minimum atomic E-state index is 0.247. The van der Waals surface area contributed by atoms with E-state index in [1.165, 1.54) is 43.4 Å². The lowest BCUT2D eigenvalue weighted by molar-refractivity contribution is 0.327. The van der Waals surface area contributed by atoms with E-state index in [0.717, 1.165) is 5.92 Å². The van der Waals surface area contributed by atoms with E-state index >= 15 is 0 Å². The molecule has 2 rings (SSSR count). The Labute approximate surface area is 118 Å². The largest absolute Gasteiger partial charge is 0.382 e. The first-order valence-corrected chi connectivity index (χ1v) is 7.86. The molecule has 0 aromatic heterocycles. The summed E-state index contributed by atoms with van der Waals surface area (Å²) in [6.45, 7) is 9.12. The van der Waals surface area contributed by atoms with Crippen LogP contribution in [0.15, 0.2) is 24.3 Å². The first kappa shape index (κ1) is 14.4. The van der Waals surface area contributed by atoms with Gasteiger partial charge in [-0.2, -0.15) is 0 Å². The van der Waals surface area contributed by atoms with Gasteiger partial charge in [0, 0.05) is 11.7 Å². The number of hydrogen-bond acceptors (Lipinski definition) is 1. The first-order valence-electron chi connectivity index (χ1n) is 7.86. The average Bonchev–Trinajstić information content (AvgIpc) is 2.38. The van der Waals surface area contributed by atoms with Crippen molar-refractivity contribution in [1.82, 2.24) is 0 Å². The summed E-state index contributed by atoms with van der Waals surface area (Å²) in [4.78, 5) is 0. The molecule has 0 spiro atoms. The Morgan fingerprint density at radius 2 is 1.79 bits per heavy atom. The van der Waals surface area contributed by atoms with Crippen molar-refractivity contribution in [3.63, 3.8) is 0 Å². The number of rotatable bonds is 3. The second-order valence-electron chi connectivity index (χ2n) is 7.11. The highest BCUT2D eigenvalue weighted by molar-refractivity contribution is 5.46. The van der Waals surface area contributed by atoms with Gasteiger partial charge in [-0.25, -0.2) is 0 Å². The molecule has 1 aliphatic carbocycles. The number of benzene rings is 1. The van der Waals surface area contributed by atoms with Crippen molar-refractivity contribution in [3.8, 4) is 0 Å². The molecule has 0 bridgehead atoms. The SMILES string of the molecule is CCC1CCCC(Nc2ccc(C(C)(C)C)cc2)C1. The van der Waals surface area contributed by atoms with Crippen molar-refractivity contribution < 1.29 is 0 Å². The van der Waals surface area contributed by atoms with Gasteiger partial charge >= 0.3 is 0 Å². The predicted octanol–water partition coefficient (Wildman–Crippen LogP) is 5.36. The molecule has 1 nitrogen and oxygen atoms in total.